The average molecular weight is 449 g/mol. The number of rotatable bonds is 6. The number of aryl methyl sites for hydroxylation is 2. The number of nitrogens with one attached hydrogen (secondary N) is 1. The Morgan fingerprint density at radius 2 is 1.75 bits per heavy atom. The molecule has 0 radical (unpaired) electrons. The molecule has 7 heteroatoms. The molecule has 0 spiro atoms. The second-order valence-electron chi connectivity index (χ2n) is 7.98. The molecular weight excluding hydrogens is 424 g/mol. The zero-order valence-corrected chi connectivity index (χ0v) is 19.1. The monoisotopic (exact) mass is 448 g/mol. The van der Waals surface area contributed by atoms with E-state index < -0.39 is 0 Å². The number of hydrogen-bond acceptors (Lipinski definition) is 3. The van der Waals surface area contributed by atoms with Crippen molar-refractivity contribution in [1.82, 2.24) is 19.7 Å². The SMILES string of the molecule is Cc1c2cnn(CC(=O)N[C@@H](C)c3ccccc3)c(=O)c2c(C)n1Cc1ccc(Cl)cc1. The van der Waals surface area contributed by atoms with Gasteiger partial charge in [0.15, 0.2) is 0 Å². The third-order valence-corrected chi connectivity index (χ3v) is 6.08. The number of halogens is 1. The molecule has 0 aliphatic rings. The highest BCUT2D eigenvalue weighted by molar-refractivity contribution is 6.30. The summed E-state index contributed by atoms with van der Waals surface area (Å²) >= 11 is 6.00. The second-order valence-corrected chi connectivity index (χ2v) is 8.42. The lowest BCUT2D eigenvalue weighted by atomic mass is 10.1. The first-order chi connectivity index (χ1) is 15.3. The molecular formula is C25H25ClN4O2. The van der Waals surface area contributed by atoms with E-state index in [1.807, 2.05) is 75.4 Å². The van der Waals surface area contributed by atoms with E-state index in [0.717, 1.165) is 27.9 Å². The molecule has 2 heterocycles. The van der Waals surface area contributed by atoms with Crippen LogP contribution in [0.4, 0.5) is 0 Å². The van der Waals surface area contributed by atoms with Gasteiger partial charge in [-0.1, -0.05) is 54.1 Å². The molecule has 0 aliphatic carbocycles. The summed E-state index contributed by atoms with van der Waals surface area (Å²) in [4.78, 5) is 25.8. The highest BCUT2D eigenvalue weighted by Gasteiger charge is 2.18. The van der Waals surface area contributed by atoms with Gasteiger partial charge >= 0.3 is 0 Å². The predicted molar refractivity (Wildman–Crippen MR) is 127 cm³/mol. The molecule has 2 aromatic carbocycles. The lowest BCUT2D eigenvalue weighted by Gasteiger charge is -2.14. The molecule has 0 bridgehead atoms. The van der Waals surface area contributed by atoms with Gasteiger partial charge in [-0.05, 0) is 44.0 Å². The quantitative estimate of drug-likeness (QED) is 0.475. The molecule has 0 saturated heterocycles. The van der Waals surface area contributed by atoms with E-state index in [1.54, 1.807) is 6.20 Å². The van der Waals surface area contributed by atoms with Crippen LogP contribution in [0.5, 0.6) is 0 Å². The van der Waals surface area contributed by atoms with E-state index >= 15 is 0 Å². The van der Waals surface area contributed by atoms with Crippen molar-refractivity contribution in [3.63, 3.8) is 0 Å². The summed E-state index contributed by atoms with van der Waals surface area (Å²) in [5.74, 6) is -0.259. The zero-order valence-electron chi connectivity index (χ0n) is 18.3. The van der Waals surface area contributed by atoms with E-state index in [0.29, 0.717) is 17.0 Å². The number of hydrogen-bond donors (Lipinski definition) is 1. The minimum absolute atomic E-state index is 0.132. The van der Waals surface area contributed by atoms with Crippen LogP contribution in [0.2, 0.25) is 5.02 Å². The molecule has 0 unspecified atom stereocenters. The lowest BCUT2D eigenvalue weighted by Crippen LogP contribution is -2.35. The largest absolute Gasteiger partial charge is 0.348 e. The van der Waals surface area contributed by atoms with Crippen molar-refractivity contribution in [2.24, 2.45) is 0 Å². The second kappa shape index (κ2) is 9.01. The molecule has 0 saturated carbocycles. The van der Waals surface area contributed by atoms with E-state index in [4.69, 9.17) is 11.6 Å². The van der Waals surface area contributed by atoms with Crippen LogP contribution >= 0.6 is 11.6 Å². The first kappa shape index (κ1) is 21.8. The van der Waals surface area contributed by atoms with Crippen LogP contribution in [-0.4, -0.2) is 20.3 Å². The number of carbonyl (C=O) groups excluding carboxylic acids is 1. The Kier molecular flexibility index (Phi) is 6.15. The molecule has 4 rings (SSSR count). The topological polar surface area (TPSA) is 68.9 Å². The molecule has 164 valence electrons. The van der Waals surface area contributed by atoms with Gasteiger partial charge in [-0.25, -0.2) is 4.68 Å². The normalized spacial score (nSPS) is 12.1. The van der Waals surface area contributed by atoms with Gasteiger partial charge < -0.3 is 9.88 Å². The maximum atomic E-state index is 13.2. The summed E-state index contributed by atoms with van der Waals surface area (Å²) in [6.07, 6.45) is 1.67. The number of aromatic nitrogens is 3. The summed E-state index contributed by atoms with van der Waals surface area (Å²) < 4.78 is 3.33. The van der Waals surface area contributed by atoms with Gasteiger partial charge in [0.25, 0.3) is 5.56 Å². The van der Waals surface area contributed by atoms with Gasteiger partial charge in [0.1, 0.15) is 6.54 Å². The number of fused-ring (bicyclic) bond motifs is 1. The standard InChI is InChI=1S/C25H25ClN4O2/c1-16(20-7-5-4-6-8-20)28-23(31)15-30-25(32)24-18(3)29(17(2)22(24)13-27-30)14-19-9-11-21(26)12-10-19/h4-13,16H,14-15H2,1-3H3,(H,28,31)/t16-/m0/s1. The van der Waals surface area contributed by atoms with Crippen molar-refractivity contribution in [2.45, 2.75) is 39.9 Å². The van der Waals surface area contributed by atoms with Gasteiger partial charge in [-0.15, -0.1) is 0 Å². The first-order valence-corrected chi connectivity index (χ1v) is 10.9. The highest BCUT2D eigenvalue weighted by atomic mass is 35.5. The molecule has 1 N–H and O–H groups in total. The van der Waals surface area contributed by atoms with Crippen molar-refractivity contribution in [1.29, 1.82) is 0 Å². The Hall–Kier alpha value is -3.38. The fraction of sp³-hybridized carbons (Fsp3) is 0.240. The Balaban J connectivity index is 1.59. The maximum Gasteiger partial charge on any atom is 0.276 e. The number of benzene rings is 2. The van der Waals surface area contributed by atoms with Crippen LogP contribution < -0.4 is 10.9 Å². The number of amides is 1. The summed E-state index contributed by atoms with van der Waals surface area (Å²) in [5.41, 5.74) is 3.64. The van der Waals surface area contributed by atoms with E-state index in [2.05, 4.69) is 15.0 Å². The first-order valence-electron chi connectivity index (χ1n) is 10.5. The van der Waals surface area contributed by atoms with Crippen LogP contribution in [-0.2, 0) is 17.9 Å². The molecule has 32 heavy (non-hydrogen) atoms. The van der Waals surface area contributed by atoms with Gasteiger partial charge in [0.05, 0.1) is 17.6 Å². The Morgan fingerprint density at radius 1 is 1.06 bits per heavy atom. The number of carbonyl (C=O) groups is 1. The van der Waals surface area contributed by atoms with Gasteiger partial charge in [0.2, 0.25) is 5.91 Å². The molecule has 2 aromatic heterocycles. The molecule has 1 amide bonds. The molecule has 0 fully saturated rings. The van der Waals surface area contributed by atoms with Crippen LogP contribution in [0.25, 0.3) is 10.8 Å². The van der Waals surface area contributed by atoms with E-state index in [9.17, 15) is 9.59 Å². The number of nitrogens with zero attached hydrogens (tertiary/aromatic N) is 3. The van der Waals surface area contributed by atoms with Crippen molar-refractivity contribution in [3.8, 4) is 0 Å². The highest BCUT2D eigenvalue weighted by Crippen LogP contribution is 2.23. The molecule has 6 nitrogen and oxygen atoms in total. The van der Waals surface area contributed by atoms with Gasteiger partial charge in [-0.3, -0.25) is 9.59 Å². The Labute approximate surface area is 191 Å². The minimum Gasteiger partial charge on any atom is -0.348 e. The molecule has 1 atom stereocenters. The minimum atomic E-state index is -0.263. The average Bonchev–Trinajstić information content (AvgIpc) is 3.02. The van der Waals surface area contributed by atoms with Crippen molar-refractivity contribution >= 4 is 28.3 Å². The van der Waals surface area contributed by atoms with Crippen LogP contribution in [0.3, 0.4) is 0 Å². The Bertz CT molecular complexity index is 1320. The molecule has 0 aliphatic heterocycles. The predicted octanol–water partition coefficient (Wildman–Crippen LogP) is 4.39. The van der Waals surface area contributed by atoms with Crippen LogP contribution in [0, 0.1) is 13.8 Å². The Morgan fingerprint density at radius 3 is 2.44 bits per heavy atom. The lowest BCUT2D eigenvalue weighted by molar-refractivity contribution is -0.122. The van der Waals surface area contributed by atoms with Crippen LogP contribution in [0.1, 0.15) is 35.5 Å². The van der Waals surface area contributed by atoms with Crippen molar-refractivity contribution in [2.75, 3.05) is 0 Å². The summed E-state index contributed by atoms with van der Waals surface area (Å²) in [7, 11) is 0. The third-order valence-electron chi connectivity index (χ3n) is 5.83. The fourth-order valence-electron chi connectivity index (χ4n) is 4.01. The van der Waals surface area contributed by atoms with E-state index in [1.165, 1.54) is 4.68 Å². The third kappa shape index (κ3) is 4.32. The summed E-state index contributed by atoms with van der Waals surface area (Å²) in [6, 6.07) is 17.2. The molecule has 4 aromatic rings. The van der Waals surface area contributed by atoms with Crippen molar-refractivity contribution in [3.05, 3.63) is 98.7 Å². The maximum absolute atomic E-state index is 13.2. The van der Waals surface area contributed by atoms with Gasteiger partial charge in [0, 0.05) is 28.3 Å². The van der Waals surface area contributed by atoms with E-state index in [-0.39, 0.29) is 24.1 Å². The smallest absolute Gasteiger partial charge is 0.276 e. The van der Waals surface area contributed by atoms with Crippen molar-refractivity contribution < 1.29 is 4.79 Å². The van der Waals surface area contributed by atoms with Crippen LogP contribution in [0.15, 0.2) is 65.6 Å². The zero-order chi connectivity index (χ0) is 22.8. The van der Waals surface area contributed by atoms with Gasteiger partial charge in [-0.2, -0.15) is 5.10 Å². The summed E-state index contributed by atoms with van der Waals surface area (Å²) in [5, 5.41) is 9.29. The fourth-order valence-corrected chi connectivity index (χ4v) is 4.14. The summed E-state index contributed by atoms with van der Waals surface area (Å²) in [6.45, 7) is 6.31.